The van der Waals surface area contributed by atoms with Gasteiger partial charge in [0, 0.05) is 24.7 Å². The van der Waals surface area contributed by atoms with Gasteiger partial charge in [-0.1, -0.05) is 17.3 Å². The molecule has 4 rings (SSSR count). The van der Waals surface area contributed by atoms with Gasteiger partial charge >= 0.3 is 0 Å². The highest BCUT2D eigenvalue weighted by atomic mass is 16.2. The quantitative estimate of drug-likeness (QED) is 0.759. The van der Waals surface area contributed by atoms with E-state index in [-0.39, 0.29) is 30.5 Å². The fourth-order valence-electron chi connectivity index (χ4n) is 3.50. The summed E-state index contributed by atoms with van der Waals surface area (Å²) in [6, 6.07) is 7.05. The van der Waals surface area contributed by atoms with Crippen LogP contribution < -0.4 is 10.9 Å². The third kappa shape index (κ3) is 2.98. The Labute approximate surface area is 149 Å². The summed E-state index contributed by atoms with van der Waals surface area (Å²) in [5.41, 5.74) is 2.60. The van der Waals surface area contributed by atoms with Crippen molar-refractivity contribution in [2.24, 2.45) is 7.05 Å². The maximum Gasteiger partial charge on any atom is 0.277 e. The zero-order valence-corrected chi connectivity index (χ0v) is 14.6. The highest BCUT2D eigenvalue weighted by Crippen LogP contribution is 2.29. The molecule has 0 spiro atoms. The van der Waals surface area contributed by atoms with Gasteiger partial charge in [0.2, 0.25) is 5.91 Å². The van der Waals surface area contributed by atoms with Crippen molar-refractivity contribution in [3.05, 3.63) is 52.1 Å². The molecule has 26 heavy (non-hydrogen) atoms. The molecule has 0 fully saturated rings. The summed E-state index contributed by atoms with van der Waals surface area (Å²) in [6.45, 7) is 0.203. The average molecular weight is 352 g/mol. The standard InChI is InChI=1S/C18H20N6O2/c1-23-16-8-4-7-14(13(16)11-19-23)20-17(25)9-10-24-18(26)12-5-2-3-6-15(12)21-22-24/h2-3,5-6,11,14H,4,7-10H2,1H3,(H,20,25)/t14-/m0/s1. The van der Waals surface area contributed by atoms with Crippen molar-refractivity contribution in [2.75, 3.05) is 0 Å². The molecule has 134 valence electrons. The number of carbonyl (C=O) groups is 1. The minimum Gasteiger partial charge on any atom is -0.349 e. The number of aryl methyl sites for hydroxylation is 2. The fourth-order valence-corrected chi connectivity index (χ4v) is 3.50. The van der Waals surface area contributed by atoms with Gasteiger partial charge in [0.15, 0.2) is 0 Å². The van der Waals surface area contributed by atoms with E-state index < -0.39 is 0 Å². The number of rotatable bonds is 4. The lowest BCUT2D eigenvalue weighted by Crippen LogP contribution is -2.33. The van der Waals surface area contributed by atoms with Gasteiger partial charge in [0.1, 0.15) is 5.52 Å². The second kappa shape index (κ2) is 6.70. The van der Waals surface area contributed by atoms with E-state index in [0.717, 1.165) is 24.8 Å². The van der Waals surface area contributed by atoms with Crippen molar-refractivity contribution in [1.82, 2.24) is 30.1 Å². The van der Waals surface area contributed by atoms with Gasteiger partial charge in [-0.2, -0.15) is 5.10 Å². The van der Waals surface area contributed by atoms with Crippen LogP contribution in [-0.4, -0.2) is 30.7 Å². The number of benzene rings is 1. The highest BCUT2D eigenvalue weighted by molar-refractivity contribution is 5.77. The summed E-state index contributed by atoms with van der Waals surface area (Å²) in [7, 11) is 1.92. The first-order chi connectivity index (χ1) is 12.6. The smallest absolute Gasteiger partial charge is 0.277 e. The minimum atomic E-state index is -0.226. The zero-order chi connectivity index (χ0) is 18.1. The number of hydrogen-bond acceptors (Lipinski definition) is 5. The maximum absolute atomic E-state index is 12.4. The van der Waals surface area contributed by atoms with Crippen molar-refractivity contribution in [3.8, 4) is 0 Å². The zero-order valence-electron chi connectivity index (χ0n) is 14.6. The van der Waals surface area contributed by atoms with Gasteiger partial charge in [-0.25, -0.2) is 4.68 Å². The first-order valence-electron chi connectivity index (χ1n) is 8.76. The SMILES string of the molecule is Cn1ncc2c1CCC[C@@H]2NC(=O)CCn1nnc2ccccc2c1=O. The summed E-state index contributed by atoms with van der Waals surface area (Å²) >= 11 is 0. The Hall–Kier alpha value is -3.03. The molecule has 0 saturated heterocycles. The van der Waals surface area contributed by atoms with E-state index in [9.17, 15) is 9.59 Å². The molecule has 3 aromatic rings. The van der Waals surface area contributed by atoms with Gasteiger partial charge in [-0.3, -0.25) is 14.3 Å². The van der Waals surface area contributed by atoms with Gasteiger partial charge in [-0.05, 0) is 31.4 Å². The summed E-state index contributed by atoms with van der Waals surface area (Å²) < 4.78 is 3.12. The molecule has 1 aliphatic carbocycles. The van der Waals surface area contributed by atoms with Crippen LogP contribution in [0.25, 0.3) is 10.9 Å². The Balaban J connectivity index is 1.44. The molecular formula is C18H20N6O2. The van der Waals surface area contributed by atoms with Crippen LogP contribution >= 0.6 is 0 Å². The maximum atomic E-state index is 12.4. The number of aromatic nitrogens is 5. The molecule has 0 aliphatic heterocycles. The van der Waals surface area contributed by atoms with E-state index in [1.165, 1.54) is 10.4 Å². The van der Waals surface area contributed by atoms with Gasteiger partial charge in [0.25, 0.3) is 5.56 Å². The molecular weight excluding hydrogens is 332 g/mol. The molecule has 2 aromatic heterocycles. The van der Waals surface area contributed by atoms with Crippen LogP contribution in [0.3, 0.4) is 0 Å². The first kappa shape index (κ1) is 16.4. The first-order valence-corrected chi connectivity index (χ1v) is 8.76. The second-order valence-electron chi connectivity index (χ2n) is 6.57. The molecule has 1 N–H and O–H groups in total. The van der Waals surface area contributed by atoms with Crippen molar-refractivity contribution in [2.45, 2.75) is 38.3 Å². The molecule has 0 saturated carbocycles. The molecule has 1 atom stereocenters. The fraction of sp³-hybridized carbons (Fsp3) is 0.389. The van der Waals surface area contributed by atoms with E-state index in [1.54, 1.807) is 18.2 Å². The van der Waals surface area contributed by atoms with Crippen LogP contribution in [0.2, 0.25) is 0 Å². The van der Waals surface area contributed by atoms with E-state index in [2.05, 4.69) is 20.7 Å². The summed E-state index contributed by atoms with van der Waals surface area (Å²) in [6.07, 6.45) is 4.92. The number of amides is 1. The largest absolute Gasteiger partial charge is 0.349 e. The summed E-state index contributed by atoms with van der Waals surface area (Å²) in [5, 5.41) is 15.8. The van der Waals surface area contributed by atoms with Gasteiger partial charge in [0.05, 0.1) is 24.2 Å². The third-order valence-electron chi connectivity index (χ3n) is 4.89. The lowest BCUT2D eigenvalue weighted by Gasteiger charge is -2.23. The predicted octanol–water partition coefficient (Wildman–Crippen LogP) is 1.11. The Bertz CT molecular complexity index is 1020. The topological polar surface area (TPSA) is 94.7 Å². The number of hydrogen-bond donors (Lipinski definition) is 1. The Kier molecular flexibility index (Phi) is 4.24. The highest BCUT2D eigenvalue weighted by Gasteiger charge is 2.24. The number of nitrogens with one attached hydrogen (secondary N) is 1. The molecule has 8 nitrogen and oxygen atoms in total. The van der Waals surface area contributed by atoms with Crippen LogP contribution in [0.1, 0.15) is 36.6 Å². The predicted molar refractivity (Wildman–Crippen MR) is 95.4 cm³/mol. The van der Waals surface area contributed by atoms with Crippen LogP contribution in [0.4, 0.5) is 0 Å². The number of fused-ring (bicyclic) bond motifs is 2. The molecule has 1 aliphatic rings. The van der Waals surface area contributed by atoms with Crippen LogP contribution in [0, 0.1) is 0 Å². The van der Waals surface area contributed by atoms with Gasteiger partial charge < -0.3 is 5.32 Å². The average Bonchev–Trinajstić information content (AvgIpc) is 3.04. The molecule has 0 unspecified atom stereocenters. The Morgan fingerprint density at radius 2 is 2.19 bits per heavy atom. The molecule has 1 aromatic carbocycles. The molecule has 1 amide bonds. The lowest BCUT2D eigenvalue weighted by atomic mass is 9.93. The Morgan fingerprint density at radius 1 is 1.35 bits per heavy atom. The molecule has 2 heterocycles. The second-order valence-corrected chi connectivity index (χ2v) is 6.57. The van der Waals surface area contributed by atoms with Gasteiger partial charge in [-0.15, -0.1) is 5.10 Å². The number of nitrogens with zero attached hydrogens (tertiary/aromatic N) is 5. The van der Waals surface area contributed by atoms with E-state index in [1.807, 2.05) is 24.0 Å². The van der Waals surface area contributed by atoms with E-state index >= 15 is 0 Å². The lowest BCUT2D eigenvalue weighted by molar-refractivity contribution is -0.122. The van der Waals surface area contributed by atoms with Crippen molar-refractivity contribution >= 4 is 16.8 Å². The number of carbonyl (C=O) groups excluding carboxylic acids is 1. The molecule has 0 bridgehead atoms. The van der Waals surface area contributed by atoms with Crippen LogP contribution in [0.5, 0.6) is 0 Å². The van der Waals surface area contributed by atoms with Crippen LogP contribution in [-0.2, 0) is 24.8 Å². The van der Waals surface area contributed by atoms with Crippen LogP contribution in [0.15, 0.2) is 35.3 Å². The van der Waals surface area contributed by atoms with Crippen molar-refractivity contribution in [3.63, 3.8) is 0 Å². The normalized spacial score (nSPS) is 16.4. The third-order valence-corrected chi connectivity index (χ3v) is 4.89. The molecule has 0 radical (unpaired) electrons. The minimum absolute atomic E-state index is 0.0145. The molecule has 8 heteroatoms. The van der Waals surface area contributed by atoms with E-state index in [0.29, 0.717) is 10.9 Å². The van der Waals surface area contributed by atoms with E-state index in [4.69, 9.17) is 0 Å². The van der Waals surface area contributed by atoms with Crippen molar-refractivity contribution < 1.29 is 4.79 Å². The summed E-state index contributed by atoms with van der Waals surface area (Å²) in [5.74, 6) is -0.103. The monoisotopic (exact) mass is 352 g/mol. The van der Waals surface area contributed by atoms with Crippen molar-refractivity contribution in [1.29, 1.82) is 0 Å². The Morgan fingerprint density at radius 3 is 3.08 bits per heavy atom. The summed E-state index contributed by atoms with van der Waals surface area (Å²) in [4.78, 5) is 24.8.